The Kier molecular flexibility index (Phi) is 4.69. The van der Waals surface area contributed by atoms with Gasteiger partial charge in [-0.15, -0.1) is 0 Å². The van der Waals surface area contributed by atoms with E-state index in [0.29, 0.717) is 6.61 Å². The second-order valence-corrected chi connectivity index (χ2v) is 7.21. The molecule has 0 spiro atoms. The van der Waals surface area contributed by atoms with Crippen LogP contribution in [0.25, 0.3) is 33.7 Å². The zero-order chi connectivity index (χ0) is 20.5. The number of hydrogen-bond donors (Lipinski definition) is 0. The Morgan fingerprint density at radius 1 is 1.03 bits per heavy atom. The average molecular weight is 398 g/mol. The average Bonchev–Trinajstić information content (AvgIpc) is 3.50. The van der Waals surface area contributed by atoms with E-state index in [4.69, 9.17) is 14.1 Å². The summed E-state index contributed by atoms with van der Waals surface area (Å²) in [5.41, 5.74) is 4.71. The molecule has 3 heterocycles. The summed E-state index contributed by atoms with van der Waals surface area (Å²) in [5, 5.41) is 5.41. The first-order chi connectivity index (χ1) is 14.8. The van der Waals surface area contributed by atoms with Gasteiger partial charge in [-0.05, 0) is 18.2 Å². The fourth-order valence-corrected chi connectivity index (χ4v) is 3.92. The van der Waals surface area contributed by atoms with E-state index in [1.54, 1.807) is 13.3 Å². The number of aromatic nitrogens is 4. The molecule has 0 saturated carbocycles. The van der Waals surface area contributed by atoms with Crippen LogP contribution in [0.1, 0.15) is 11.7 Å². The summed E-state index contributed by atoms with van der Waals surface area (Å²) in [4.78, 5) is 4.79. The molecule has 1 atom stereocenters. The van der Waals surface area contributed by atoms with Gasteiger partial charge in [0.05, 0.1) is 24.3 Å². The third kappa shape index (κ3) is 3.11. The lowest BCUT2D eigenvalue weighted by molar-refractivity contribution is 0.166. The molecule has 150 valence electrons. The number of para-hydroxylation sites is 1. The zero-order valence-corrected chi connectivity index (χ0v) is 16.9. The molecule has 6 nitrogen and oxygen atoms in total. The molecule has 0 unspecified atom stereocenters. The molecule has 0 amide bonds. The highest BCUT2D eigenvalue weighted by atomic mass is 16.5. The number of aryl methyl sites for hydroxylation is 1. The molecule has 3 aromatic heterocycles. The Hall–Kier alpha value is -3.64. The lowest BCUT2D eigenvalue weighted by Crippen LogP contribution is -2.19. The van der Waals surface area contributed by atoms with E-state index >= 15 is 0 Å². The summed E-state index contributed by atoms with van der Waals surface area (Å²) >= 11 is 0. The second kappa shape index (κ2) is 7.65. The van der Waals surface area contributed by atoms with Gasteiger partial charge in [0, 0.05) is 31.3 Å². The van der Waals surface area contributed by atoms with Crippen molar-refractivity contribution in [1.82, 2.24) is 19.3 Å². The highest BCUT2D eigenvalue weighted by Crippen LogP contribution is 2.37. The normalized spacial score (nSPS) is 12.5. The van der Waals surface area contributed by atoms with E-state index in [-0.39, 0.29) is 6.04 Å². The van der Waals surface area contributed by atoms with Gasteiger partial charge in [0.15, 0.2) is 5.76 Å². The minimum Gasteiger partial charge on any atom is -0.454 e. The molecule has 0 aliphatic heterocycles. The van der Waals surface area contributed by atoms with Gasteiger partial charge in [-0.1, -0.05) is 48.5 Å². The molecular weight excluding hydrogens is 376 g/mol. The van der Waals surface area contributed by atoms with Crippen molar-refractivity contribution in [3.63, 3.8) is 0 Å². The monoisotopic (exact) mass is 398 g/mol. The lowest BCUT2D eigenvalue weighted by atomic mass is 10.1. The number of methoxy groups -OCH3 is 1. The van der Waals surface area contributed by atoms with Crippen LogP contribution >= 0.6 is 0 Å². The Bertz CT molecular complexity index is 1250. The maximum Gasteiger partial charge on any atom is 0.154 e. The number of benzene rings is 2. The van der Waals surface area contributed by atoms with E-state index < -0.39 is 0 Å². The van der Waals surface area contributed by atoms with Crippen LogP contribution in [0.4, 0.5) is 0 Å². The molecule has 0 saturated heterocycles. The Balaban J connectivity index is 1.75. The van der Waals surface area contributed by atoms with Crippen LogP contribution in [0.3, 0.4) is 0 Å². The predicted molar refractivity (Wildman–Crippen MR) is 116 cm³/mol. The van der Waals surface area contributed by atoms with Crippen LogP contribution in [-0.4, -0.2) is 33.0 Å². The summed E-state index contributed by atoms with van der Waals surface area (Å²) < 4.78 is 15.8. The van der Waals surface area contributed by atoms with Crippen LogP contribution in [-0.2, 0) is 11.8 Å². The fourth-order valence-electron chi connectivity index (χ4n) is 3.92. The lowest BCUT2D eigenvalue weighted by Gasteiger charge is -2.20. The zero-order valence-electron chi connectivity index (χ0n) is 16.9. The minimum absolute atomic E-state index is 0.101. The quantitative estimate of drug-likeness (QED) is 0.407. The number of furan rings is 1. The first-order valence-electron chi connectivity index (χ1n) is 9.84. The van der Waals surface area contributed by atoms with Gasteiger partial charge in [-0.2, -0.15) is 5.10 Å². The first-order valence-corrected chi connectivity index (χ1v) is 9.84. The van der Waals surface area contributed by atoms with E-state index in [1.165, 1.54) is 0 Å². The van der Waals surface area contributed by atoms with Gasteiger partial charge >= 0.3 is 0 Å². The molecule has 0 aliphatic carbocycles. The third-order valence-corrected chi connectivity index (χ3v) is 5.36. The van der Waals surface area contributed by atoms with Crippen molar-refractivity contribution in [2.75, 3.05) is 13.7 Å². The van der Waals surface area contributed by atoms with Crippen LogP contribution in [0.2, 0.25) is 0 Å². The number of imidazole rings is 1. The molecule has 2 aromatic carbocycles. The summed E-state index contributed by atoms with van der Waals surface area (Å²) in [6.07, 6.45) is 3.66. The Labute approximate surface area is 174 Å². The maximum absolute atomic E-state index is 6.27. The molecule has 6 heteroatoms. The SMILES string of the molecule is COC[C@H](c1ccnn1C)n1cnc(-c2ccccc2)c1-c1cc2ccccc2o1. The number of nitrogens with zero attached hydrogens (tertiary/aromatic N) is 4. The van der Waals surface area contributed by atoms with Crippen LogP contribution in [0.5, 0.6) is 0 Å². The van der Waals surface area contributed by atoms with Gasteiger partial charge in [0.25, 0.3) is 0 Å². The first kappa shape index (κ1) is 18.4. The molecule has 5 aromatic rings. The summed E-state index contributed by atoms with van der Waals surface area (Å²) in [6.45, 7) is 0.483. The predicted octanol–water partition coefficient (Wildman–Crippen LogP) is 4.93. The van der Waals surface area contributed by atoms with Gasteiger partial charge < -0.3 is 13.7 Å². The number of rotatable bonds is 6. The molecule has 0 bridgehead atoms. The molecule has 0 aliphatic rings. The highest BCUT2D eigenvalue weighted by molar-refractivity contribution is 5.85. The summed E-state index contributed by atoms with van der Waals surface area (Å²) in [7, 11) is 3.65. The van der Waals surface area contributed by atoms with E-state index in [9.17, 15) is 0 Å². The fraction of sp³-hybridized carbons (Fsp3) is 0.167. The van der Waals surface area contributed by atoms with E-state index in [0.717, 1.165) is 39.4 Å². The molecule has 0 radical (unpaired) electrons. The molecule has 5 rings (SSSR count). The van der Waals surface area contributed by atoms with Crippen molar-refractivity contribution >= 4 is 11.0 Å². The Morgan fingerprint density at radius 3 is 2.57 bits per heavy atom. The van der Waals surface area contributed by atoms with Gasteiger partial charge in [0.2, 0.25) is 0 Å². The molecule has 30 heavy (non-hydrogen) atoms. The maximum atomic E-state index is 6.27. The van der Waals surface area contributed by atoms with Gasteiger partial charge in [-0.3, -0.25) is 4.68 Å². The van der Waals surface area contributed by atoms with Crippen molar-refractivity contribution < 1.29 is 9.15 Å². The van der Waals surface area contributed by atoms with E-state index in [2.05, 4.69) is 33.9 Å². The van der Waals surface area contributed by atoms with E-state index in [1.807, 2.05) is 60.5 Å². The van der Waals surface area contributed by atoms with Gasteiger partial charge in [0.1, 0.15) is 17.3 Å². The van der Waals surface area contributed by atoms with Crippen molar-refractivity contribution in [3.8, 4) is 22.7 Å². The standard InChI is InChI=1S/C24H22N4O2/c1-27-19(12-13-26-27)20(15-29-2)28-16-25-23(17-8-4-3-5-9-17)24(28)22-14-18-10-6-7-11-21(18)30-22/h3-14,16,20H,15H2,1-2H3/t20-/m1/s1. The van der Waals surface area contributed by atoms with Crippen molar-refractivity contribution in [2.24, 2.45) is 7.05 Å². The van der Waals surface area contributed by atoms with Crippen molar-refractivity contribution in [1.29, 1.82) is 0 Å². The number of fused-ring (bicyclic) bond motifs is 1. The Morgan fingerprint density at radius 2 is 1.83 bits per heavy atom. The summed E-state index contributed by atoms with van der Waals surface area (Å²) in [6, 6.07) is 22.2. The van der Waals surface area contributed by atoms with Crippen LogP contribution < -0.4 is 0 Å². The van der Waals surface area contributed by atoms with Crippen molar-refractivity contribution in [2.45, 2.75) is 6.04 Å². The smallest absolute Gasteiger partial charge is 0.154 e. The second-order valence-electron chi connectivity index (χ2n) is 7.21. The van der Waals surface area contributed by atoms with Crippen LogP contribution in [0, 0.1) is 0 Å². The molecular formula is C24H22N4O2. The minimum atomic E-state index is -0.101. The topological polar surface area (TPSA) is 58.0 Å². The highest BCUT2D eigenvalue weighted by Gasteiger charge is 2.26. The van der Waals surface area contributed by atoms with Gasteiger partial charge in [-0.25, -0.2) is 4.98 Å². The van der Waals surface area contributed by atoms with Crippen LogP contribution in [0.15, 0.2) is 83.7 Å². The summed E-state index contributed by atoms with van der Waals surface area (Å²) in [5.74, 6) is 0.774. The van der Waals surface area contributed by atoms with Crippen molar-refractivity contribution in [3.05, 3.63) is 84.9 Å². The molecule has 0 N–H and O–H groups in total. The largest absolute Gasteiger partial charge is 0.454 e. The number of hydrogen-bond acceptors (Lipinski definition) is 4. The molecule has 0 fully saturated rings. The third-order valence-electron chi connectivity index (χ3n) is 5.36. The number of ether oxygens (including phenoxy) is 1.